The minimum Gasteiger partial charge on any atom is -0.360 e. The van der Waals surface area contributed by atoms with Gasteiger partial charge in [-0.2, -0.15) is 5.26 Å². The van der Waals surface area contributed by atoms with Crippen LogP contribution < -0.4 is 5.32 Å². The highest BCUT2D eigenvalue weighted by molar-refractivity contribution is 8.00. The fourth-order valence-electron chi connectivity index (χ4n) is 2.66. The van der Waals surface area contributed by atoms with Gasteiger partial charge in [-0.15, -0.1) is 0 Å². The number of hydrogen-bond acceptors (Lipinski definition) is 6. The Balaban J connectivity index is 1.74. The van der Waals surface area contributed by atoms with Crippen LogP contribution in [0.25, 0.3) is 0 Å². The molecule has 0 saturated carbocycles. The van der Waals surface area contributed by atoms with Crippen molar-refractivity contribution in [3.63, 3.8) is 0 Å². The van der Waals surface area contributed by atoms with E-state index in [4.69, 9.17) is 4.52 Å². The number of rotatable bonds is 4. The number of nitrogens with one attached hydrogen (secondary N) is 1. The molecule has 0 aromatic carbocycles. The highest BCUT2D eigenvalue weighted by Gasteiger charge is 2.21. The Kier molecular flexibility index (Phi) is 4.86. The van der Waals surface area contributed by atoms with Crippen molar-refractivity contribution < 1.29 is 9.32 Å². The molecule has 0 spiro atoms. The zero-order valence-electron chi connectivity index (χ0n) is 13.6. The van der Waals surface area contributed by atoms with Gasteiger partial charge in [-0.1, -0.05) is 16.9 Å². The molecular weight excluding hydrogens is 324 g/mol. The average Bonchev–Trinajstić information content (AvgIpc) is 2.99. The van der Waals surface area contributed by atoms with Crippen LogP contribution in [0.2, 0.25) is 0 Å². The van der Waals surface area contributed by atoms with E-state index in [0.717, 1.165) is 36.9 Å². The molecule has 2 aromatic rings. The van der Waals surface area contributed by atoms with Gasteiger partial charge in [0, 0.05) is 11.8 Å². The molecule has 1 amide bonds. The molecule has 0 saturated heterocycles. The van der Waals surface area contributed by atoms with E-state index in [-0.39, 0.29) is 5.91 Å². The van der Waals surface area contributed by atoms with Crippen molar-refractivity contribution in [1.29, 1.82) is 5.26 Å². The maximum Gasteiger partial charge on any atom is 0.238 e. The number of nitriles is 1. The lowest BCUT2D eigenvalue weighted by molar-refractivity contribution is -0.115. The highest BCUT2D eigenvalue weighted by Crippen LogP contribution is 2.30. The van der Waals surface area contributed by atoms with Crippen molar-refractivity contribution >= 4 is 23.5 Å². The molecule has 0 bridgehead atoms. The third-order valence-corrected chi connectivity index (χ3v) is 5.03. The van der Waals surface area contributed by atoms with Gasteiger partial charge in [-0.3, -0.25) is 4.79 Å². The van der Waals surface area contributed by atoms with Crippen LogP contribution in [0.3, 0.4) is 0 Å². The molecule has 6 nitrogen and oxygen atoms in total. The highest BCUT2D eigenvalue weighted by atomic mass is 32.2. The summed E-state index contributed by atoms with van der Waals surface area (Å²) in [7, 11) is 0. The van der Waals surface area contributed by atoms with E-state index in [9.17, 15) is 10.1 Å². The summed E-state index contributed by atoms with van der Waals surface area (Å²) in [5.41, 5.74) is 2.76. The third kappa shape index (κ3) is 3.60. The normalized spacial score (nSPS) is 14.5. The molecule has 7 heteroatoms. The monoisotopic (exact) mass is 342 g/mol. The molecule has 3 rings (SSSR count). The number of aryl methyl sites for hydroxylation is 3. The number of nitrogens with zero attached hydrogens (tertiary/aromatic N) is 3. The minimum atomic E-state index is -0.400. The number of amides is 1. The number of anilines is 1. The number of carbonyl (C=O) groups is 1. The van der Waals surface area contributed by atoms with Crippen LogP contribution in [0, 0.1) is 18.3 Å². The molecule has 0 radical (unpaired) electrons. The topological polar surface area (TPSA) is 91.8 Å². The second-order valence-electron chi connectivity index (χ2n) is 5.84. The van der Waals surface area contributed by atoms with E-state index in [2.05, 4.69) is 21.5 Å². The standard InChI is InChI=1S/C17H18N4O2S/c1-10-7-15(21-23-10)20-16(22)11(2)24-17-13(9-18)8-12-5-3-4-6-14(12)19-17/h7-8,11H,3-6H2,1-2H3,(H,20,21,22). The Morgan fingerprint density at radius 2 is 2.21 bits per heavy atom. The number of pyridine rings is 1. The van der Waals surface area contributed by atoms with Crippen molar-refractivity contribution in [2.24, 2.45) is 0 Å². The molecule has 1 unspecified atom stereocenters. The molecule has 0 aliphatic heterocycles. The van der Waals surface area contributed by atoms with E-state index in [1.165, 1.54) is 11.8 Å². The maximum absolute atomic E-state index is 12.3. The molecule has 2 heterocycles. The molecule has 1 aliphatic carbocycles. The van der Waals surface area contributed by atoms with Crippen molar-refractivity contribution in [2.75, 3.05) is 5.32 Å². The Morgan fingerprint density at radius 1 is 1.42 bits per heavy atom. The van der Waals surface area contributed by atoms with Crippen LogP contribution in [0.4, 0.5) is 5.82 Å². The Morgan fingerprint density at radius 3 is 2.92 bits per heavy atom. The molecule has 124 valence electrons. The fraction of sp³-hybridized carbons (Fsp3) is 0.412. The van der Waals surface area contributed by atoms with E-state index in [1.54, 1.807) is 19.9 Å². The second-order valence-corrected chi connectivity index (χ2v) is 7.17. The Labute approximate surface area is 144 Å². The quantitative estimate of drug-likeness (QED) is 0.858. The average molecular weight is 342 g/mol. The van der Waals surface area contributed by atoms with Crippen LogP contribution >= 0.6 is 11.8 Å². The van der Waals surface area contributed by atoms with E-state index in [1.807, 2.05) is 6.07 Å². The van der Waals surface area contributed by atoms with Gasteiger partial charge in [0.1, 0.15) is 16.9 Å². The second kappa shape index (κ2) is 7.05. The van der Waals surface area contributed by atoms with E-state index in [0.29, 0.717) is 22.2 Å². The van der Waals surface area contributed by atoms with Crippen molar-refractivity contribution in [3.8, 4) is 6.07 Å². The molecule has 0 fully saturated rings. The molecule has 1 N–H and O–H groups in total. The summed E-state index contributed by atoms with van der Waals surface area (Å²) < 4.78 is 4.94. The van der Waals surface area contributed by atoms with E-state index >= 15 is 0 Å². The number of aromatic nitrogens is 2. The Bertz CT molecular complexity index is 809. The fourth-order valence-corrected chi connectivity index (χ4v) is 3.55. The van der Waals surface area contributed by atoms with Gasteiger partial charge in [0.2, 0.25) is 5.91 Å². The predicted molar refractivity (Wildman–Crippen MR) is 90.8 cm³/mol. The summed E-state index contributed by atoms with van der Waals surface area (Å²) in [6.45, 7) is 3.55. The number of fused-ring (bicyclic) bond motifs is 1. The first-order valence-corrected chi connectivity index (χ1v) is 8.78. The summed E-state index contributed by atoms with van der Waals surface area (Å²) >= 11 is 1.30. The van der Waals surface area contributed by atoms with Crippen LogP contribution in [-0.4, -0.2) is 21.3 Å². The summed E-state index contributed by atoms with van der Waals surface area (Å²) in [5.74, 6) is 0.828. The third-order valence-electron chi connectivity index (χ3n) is 3.92. The van der Waals surface area contributed by atoms with Crippen LogP contribution in [0.5, 0.6) is 0 Å². The van der Waals surface area contributed by atoms with Crippen LogP contribution in [-0.2, 0) is 17.6 Å². The Hall–Kier alpha value is -2.33. The zero-order chi connectivity index (χ0) is 17.1. The lowest BCUT2D eigenvalue weighted by atomic mass is 9.95. The molecule has 2 aromatic heterocycles. The van der Waals surface area contributed by atoms with Gasteiger partial charge in [0.05, 0.1) is 10.8 Å². The summed E-state index contributed by atoms with van der Waals surface area (Å²) in [6.07, 6.45) is 4.18. The molecule has 1 aliphatic rings. The summed E-state index contributed by atoms with van der Waals surface area (Å²) in [4.78, 5) is 16.9. The molecule has 1 atom stereocenters. The van der Waals surface area contributed by atoms with Crippen molar-refractivity contribution in [3.05, 3.63) is 34.7 Å². The smallest absolute Gasteiger partial charge is 0.238 e. The van der Waals surface area contributed by atoms with Crippen LogP contribution in [0.1, 0.15) is 42.3 Å². The van der Waals surface area contributed by atoms with Gasteiger partial charge in [0.25, 0.3) is 0 Å². The summed E-state index contributed by atoms with van der Waals surface area (Å²) in [5, 5.41) is 16.1. The molecular formula is C17H18N4O2S. The van der Waals surface area contributed by atoms with Gasteiger partial charge in [-0.05, 0) is 51.2 Å². The van der Waals surface area contributed by atoms with Crippen LogP contribution in [0.15, 0.2) is 21.7 Å². The largest absolute Gasteiger partial charge is 0.360 e. The SMILES string of the molecule is Cc1cc(NC(=O)C(C)Sc2nc3c(cc2C#N)CCCC3)no1. The lowest BCUT2D eigenvalue weighted by Gasteiger charge is -2.17. The zero-order valence-corrected chi connectivity index (χ0v) is 14.4. The van der Waals surface area contributed by atoms with Gasteiger partial charge in [0.15, 0.2) is 5.82 Å². The predicted octanol–water partition coefficient (Wildman–Crippen LogP) is 3.25. The number of carbonyl (C=O) groups excluding carboxylic acids is 1. The van der Waals surface area contributed by atoms with Crippen molar-refractivity contribution in [2.45, 2.75) is 49.8 Å². The first-order valence-electron chi connectivity index (χ1n) is 7.90. The molecule has 24 heavy (non-hydrogen) atoms. The maximum atomic E-state index is 12.3. The summed E-state index contributed by atoms with van der Waals surface area (Å²) in [6, 6.07) is 5.79. The minimum absolute atomic E-state index is 0.197. The van der Waals surface area contributed by atoms with Gasteiger partial charge < -0.3 is 9.84 Å². The first kappa shape index (κ1) is 16.5. The van der Waals surface area contributed by atoms with Gasteiger partial charge in [-0.25, -0.2) is 4.98 Å². The number of thioether (sulfide) groups is 1. The van der Waals surface area contributed by atoms with Gasteiger partial charge >= 0.3 is 0 Å². The lowest BCUT2D eigenvalue weighted by Crippen LogP contribution is -2.23. The van der Waals surface area contributed by atoms with E-state index < -0.39 is 5.25 Å². The number of hydrogen-bond donors (Lipinski definition) is 1. The first-order chi connectivity index (χ1) is 11.6. The van der Waals surface area contributed by atoms with Crippen molar-refractivity contribution in [1.82, 2.24) is 10.1 Å².